The Hall–Kier alpha value is -0.160. The fourth-order valence-corrected chi connectivity index (χ4v) is 2.85. The van der Waals surface area contributed by atoms with Gasteiger partial charge >= 0.3 is 0 Å². The first-order valence-electron chi connectivity index (χ1n) is 6.46. The molecule has 1 N–H and O–H groups in total. The van der Waals surface area contributed by atoms with Crippen LogP contribution in [0, 0.1) is 0 Å². The Labute approximate surface area is 98.2 Å². The number of piperazine rings is 1. The Morgan fingerprint density at radius 3 is 2.81 bits per heavy atom. The molecule has 2 rings (SSSR count). The highest BCUT2D eigenvalue weighted by atomic mass is 16.5. The standard InChI is InChI=1S/C12H24N2O2/c1-3-13-5-6-14(8-10(13)2)11-9-16-7-4-12(11)15/h10-12,15H,3-9H2,1-2H3. The highest BCUT2D eigenvalue weighted by Gasteiger charge is 2.33. The normalized spacial score (nSPS) is 38.8. The Kier molecular flexibility index (Phi) is 4.19. The molecule has 2 aliphatic rings. The minimum atomic E-state index is -0.200. The minimum Gasteiger partial charge on any atom is -0.391 e. The summed E-state index contributed by atoms with van der Waals surface area (Å²) in [7, 11) is 0. The van der Waals surface area contributed by atoms with Gasteiger partial charge in [0.2, 0.25) is 0 Å². The molecule has 0 aromatic rings. The quantitative estimate of drug-likeness (QED) is 0.730. The molecule has 16 heavy (non-hydrogen) atoms. The molecule has 0 aromatic heterocycles. The molecule has 0 saturated carbocycles. The van der Waals surface area contributed by atoms with Gasteiger partial charge in [-0.15, -0.1) is 0 Å². The Morgan fingerprint density at radius 1 is 1.38 bits per heavy atom. The van der Waals surface area contributed by atoms with E-state index in [0.717, 1.165) is 32.6 Å². The average molecular weight is 228 g/mol. The second-order valence-electron chi connectivity index (χ2n) is 4.97. The minimum absolute atomic E-state index is 0.200. The van der Waals surface area contributed by atoms with E-state index in [-0.39, 0.29) is 12.1 Å². The van der Waals surface area contributed by atoms with Gasteiger partial charge in [-0.25, -0.2) is 0 Å². The van der Waals surface area contributed by atoms with Crippen LogP contribution in [0.25, 0.3) is 0 Å². The van der Waals surface area contributed by atoms with E-state index in [1.54, 1.807) is 0 Å². The average Bonchev–Trinajstić information content (AvgIpc) is 2.29. The molecule has 4 heteroatoms. The van der Waals surface area contributed by atoms with Crippen LogP contribution in [-0.2, 0) is 4.74 Å². The van der Waals surface area contributed by atoms with Gasteiger partial charge < -0.3 is 9.84 Å². The predicted molar refractivity (Wildman–Crippen MR) is 63.5 cm³/mol. The van der Waals surface area contributed by atoms with Gasteiger partial charge in [0.25, 0.3) is 0 Å². The molecule has 3 unspecified atom stereocenters. The fraction of sp³-hybridized carbons (Fsp3) is 1.00. The summed E-state index contributed by atoms with van der Waals surface area (Å²) in [6.07, 6.45) is 0.585. The second-order valence-corrected chi connectivity index (χ2v) is 4.97. The van der Waals surface area contributed by atoms with Crippen LogP contribution in [0.15, 0.2) is 0 Å². The van der Waals surface area contributed by atoms with Crippen molar-refractivity contribution in [2.75, 3.05) is 39.4 Å². The highest BCUT2D eigenvalue weighted by Crippen LogP contribution is 2.18. The maximum Gasteiger partial charge on any atom is 0.0739 e. The molecule has 0 radical (unpaired) electrons. The van der Waals surface area contributed by atoms with Gasteiger partial charge in [-0.05, 0) is 19.9 Å². The lowest BCUT2D eigenvalue weighted by Crippen LogP contribution is -2.59. The summed E-state index contributed by atoms with van der Waals surface area (Å²) in [4.78, 5) is 4.90. The lowest BCUT2D eigenvalue weighted by atomic mass is 10.0. The summed E-state index contributed by atoms with van der Waals surface area (Å²) < 4.78 is 5.48. The Balaban J connectivity index is 1.90. The number of hydrogen-bond acceptors (Lipinski definition) is 4. The number of aliphatic hydroxyl groups excluding tert-OH is 1. The molecule has 2 saturated heterocycles. The number of ether oxygens (including phenoxy) is 1. The lowest BCUT2D eigenvalue weighted by Gasteiger charge is -2.45. The maximum atomic E-state index is 10.00. The van der Waals surface area contributed by atoms with Crippen molar-refractivity contribution in [1.29, 1.82) is 0 Å². The molecule has 0 bridgehead atoms. The zero-order valence-corrected chi connectivity index (χ0v) is 10.4. The van der Waals surface area contributed by atoms with Crippen molar-refractivity contribution in [3.8, 4) is 0 Å². The molecule has 0 amide bonds. The third-order valence-electron chi connectivity index (χ3n) is 3.96. The van der Waals surface area contributed by atoms with E-state index in [2.05, 4.69) is 23.6 Å². The first kappa shape index (κ1) is 12.3. The zero-order valence-electron chi connectivity index (χ0n) is 10.4. The van der Waals surface area contributed by atoms with Gasteiger partial charge in [0.15, 0.2) is 0 Å². The Morgan fingerprint density at radius 2 is 2.19 bits per heavy atom. The van der Waals surface area contributed by atoms with Crippen molar-refractivity contribution in [1.82, 2.24) is 9.80 Å². The van der Waals surface area contributed by atoms with Crippen molar-refractivity contribution in [2.24, 2.45) is 0 Å². The lowest BCUT2D eigenvalue weighted by molar-refractivity contribution is -0.0780. The largest absolute Gasteiger partial charge is 0.391 e. The van der Waals surface area contributed by atoms with E-state index in [1.807, 2.05) is 0 Å². The van der Waals surface area contributed by atoms with E-state index >= 15 is 0 Å². The topological polar surface area (TPSA) is 35.9 Å². The molecule has 2 heterocycles. The maximum absolute atomic E-state index is 10.00. The third-order valence-corrected chi connectivity index (χ3v) is 3.96. The monoisotopic (exact) mass is 228 g/mol. The van der Waals surface area contributed by atoms with Gasteiger partial charge in [0.05, 0.1) is 18.8 Å². The summed E-state index contributed by atoms with van der Waals surface area (Å²) >= 11 is 0. The summed E-state index contributed by atoms with van der Waals surface area (Å²) in [6, 6.07) is 0.808. The molecular weight excluding hydrogens is 204 g/mol. The summed E-state index contributed by atoms with van der Waals surface area (Å²) in [5, 5.41) is 10.00. The smallest absolute Gasteiger partial charge is 0.0739 e. The SMILES string of the molecule is CCN1CCN(C2COCCC2O)CC1C. The molecule has 0 aromatic carbocycles. The van der Waals surface area contributed by atoms with Crippen molar-refractivity contribution in [2.45, 2.75) is 38.5 Å². The number of aliphatic hydroxyl groups is 1. The van der Waals surface area contributed by atoms with Crippen LogP contribution in [0.4, 0.5) is 0 Å². The van der Waals surface area contributed by atoms with E-state index < -0.39 is 0 Å². The molecule has 3 atom stereocenters. The zero-order chi connectivity index (χ0) is 11.5. The van der Waals surface area contributed by atoms with Gasteiger partial charge in [-0.1, -0.05) is 6.92 Å². The number of rotatable bonds is 2. The highest BCUT2D eigenvalue weighted by molar-refractivity contribution is 4.87. The van der Waals surface area contributed by atoms with E-state index in [4.69, 9.17) is 4.74 Å². The van der Waals surface area contributed by atoms with Crippen LogP contribution in [-0.4, -0.2) is 72.5 Å². The predicted octanol–water partition coefficient (Wildman–Crippen LogP) is 0.162. The van der Waals surface area contributed by atoms with Crippen molar-refractivity contribution in [3.05, 3.63) is 0 Å². The van der Waals surface area contributed by atoms with Crippen molar-refractivity contribution >= 4 is 0 Å². The second kappa shape index (κ2) is 5.45. The van der Waals surface area contributed by atoms with E-state index in [0.29, 0.717) is 19.3 Å². The molecule has 2 aliphatic heterocycles. The number of likely N-dealkylation sites (N-methyl/N-ethyl adjacent to an activating group) is 1. The molecule has 94 valence electrons. The van der Waals surface area contributed by atoms with Crippen LogP contribution in [0.2, 0.25) is 0 Å². The van der Waals surface area contributed by atoms with Gasteiger partial charge in [-0.2, -0.15) is 0 Å². The third kappa shape index (κ3) is 2.56. The summed E-state index contributed by atoms with van der Waals surface area (Å²) in [6.45, 7) is 10.2. The van der Waals surface area contributed by atoms with Crippen LogP contribution < -0.4 is 0 Å². The Bertz CT molecular complexity index is 225. The van der Waals surface area contributed by atoms with Crippen LogP contribution in [0.1, 0.15) is 20.3 Å². The fourth-order valence-electron chi connectivity index (χ4n) is 2.85. The first-order valence-corrected chi connectivity index (χ1v) is 6.46. The molecule has 2 fully saturated rings. The number of nitrogens with zero attached hydrogens (tertiary/aromatic N) is 2. The molecule has 4 nitrogen and oxygen atoms in total. The van der Waals surface area contributed by atoms with E-state index in [1.165, 1.54) is 0 Å². The van der Waals surface area contributed by atoms with Crippen LogP contribution in [0.3, 0.4) is 0 Å². The van der Waals surface area contributed by atoms with Gasteiger partial charge in [0, 0.05) is 32.3 Å². The van der Waals surface area contributed by atoms with Gasteiger partial charge in [-0.3, -0.25) is 9.80 Å². The van der Waals surface area contributed by atoms with Crippen LogP contribution >= 0.6 is 0 Å². The van der Waals surface area contributed by atoms with E-state index in [9.17, 15) is 5.11 Å². The first-order chi connectivity index (χ1) is 7.72. The molecule has 0 aliphatic carbocycles. The number of hydrogen-bond donors (Lipinski definition) is 1. The van der Waals surface area contributed by atoms with Crippen molar-refractivity contribution < 1.29 is 9.84 Å². The summed E-state index contributed by atoms with van der Waals surface area (Å²) in [5.74, 6) is 0. The molecular formula is C12H24N2O2. The molecule has 0 spiro atoms. The summed E-state index contributed by atoms with van der Waals surface area (Å²) in [5.41, 5.74) is 0. The van der Waals surface area contributed by atoms with Crippen molar-refractivity contribution in [3.63, 3.8) is 0 Å². The van der Waals surface area contributed by atoms with Gasteiger partial charge in [0.1, 0.15) is 0 Å². The van der Waals surface area contributed by atoms with Crippen LogP contribution in [0.5, 0.6) is 0 Å².